The first kappa shape index (κ1) is 19.7. The smallest absolute Gasteiger partial charge is 0.407 e. The number of halogens is 2. The van der Waals surface area contributed by atoms with Crippen molar-refractivity contribution in [3.63, 3.8) is 0 Å². The van der Waals surface area contributed by atoms with Gasteiger partial charge in [-0.1, -0.05) is 0 Å². The fourth-order valence-corrected chi connectivity index (χ4v) is 2.42. The fourth-order valence-electron chi connectivity index (χ4n) is 1.70. The Kier molecular flexibility index (Phi) is 6.38. The number of rotatable bonds is 4. The fraction of sp³-hybridized carbons (Fsp3) is 0.500. The molecule has 0 saturated carbocycles. The van der Waals surface area contributed by atoms with E-state index in [9.17, 15) is 14.0 Å². The second-order valence-corrected chi connectivity index (χ2v) is 7.98. The highest BCUT2D eigenvalue weighted by molar-refractivity contribution is 14.1. The van der Waals surface area contributed by atoms with Crippen LogP contribution in [0.4, 0.5) is 9.18 Å². The minimum absolute atomic E-state index is 0.200. The number of nitrogens with one attached hydrogen (secondary N) is 2. The minimum Gasteiger partial charge on any atom is -0.444 e. The zero-order valence-corrected chi connectivity index (χ0v) is 16.1. The summed E-state index contributed by atoms with van der Waals surface area (Å²) < 4.78 is 18.8. The van der Waals surface area contributed by atoms with Gasteiger partial charge in [-0.2, -0.15) is 0 Å². The van der Waals surface area contributed by atoms with Gasteiger partial charge >= 0.3 is 6.09 Å². The summed E-state index contributed by atoms with van der Waals surface area (Å²) in [7, 11) is 0. The van der Waals surface area contributed by atoms with Crippen LogP contribution >= 0.6 is 22.6 Å². The summed E-state index contributed by atoms with van der Waals surface area (Å²) in [5.74, 6) is -0.720. The predicted molar refractivity (Wildman–Crippen MR) is 94.9 cm³/mol. The molecule has 0 bridgehead atoms. The van der Waals surface area contributed by atoms with Crippen molar-refractivity contribution in [2.45, 2.75) is 45.8 Å². The van der Waals surface area contributed by atoms with Crippen molar-refractivity contribution >= 4 is 34.6 Å². The molecule has 0 radical (unpaired) electrons. The van der Waals surface area contributed by atoms with Gasteiger partial charge in [-0.05, 0) is 75.4 Å². The van der Waals surface area contributed by atoms with E-state index in [1.54, 1.807) is 34.6 Å². The van der Waals surface area contributed by atoms with Crippen LogP contribution < -0.4 is 10.6 Å². The van der Waals surface area contributed by atoms with Crippen molar-refractivity contribution in [3.8, 4) is 0 Å². The minimum atomic E-state index is -0.689. The molecule has 1 aromatic carbocycles. The molecule has 2 N–H and O–H groups in total. The van der Waals surface area contributed by atoms with E-state index in [-0.39, 0.29) is 12.5 Å². The molecule has 23 heavy (non-hydrogen) atoms. The highest BCUT2D eigenvalue weighted by Crippen LogP contribution is 2.15. The summed E-state index contributed by atoms with van der Waals surface area (Å²) >= 11 is 1.91. The Hall–Kier alpha value is -1.38. The van der Waals surface area contributed by atoms with Gasteiger partial charge in [-0.15, -0.1) is 0 Å². The lowest BCUT2D eigenvalue weighted by molar-refractivity contribution is 0.0509. The van der Waals surface area contributed by atoms with E-state index < -0.39 is 23.1 Å². The molecule has 0 atom stereocenters. The number of benzene rings is 1. The highest BCUT2D eigenvalue weighted by atomic mass is 127. The van der Waals surface area contributed by atoms with Crippen LogP contribution in [-0.4, -0.2) is 29.7 Å². The maximum Gasteiger partial charge on any atom is 0.407 e. The van der Waals surface area contributed by atoms with Crippen molar-refractivity contribution < 1.29 is 18.7 Å². The van der Waals surface area contributed by atoms with E-state index in [4.69, 9.17) is 4.74 Å². The topological polar surface area (TPSA) is 67.4 Å². The molecule has 7 heteroatoms. The van der Waals surface area contributed by atoms with Gasteiger partial charge < -0.3 is 15.4 Å². The molecule has 0 aliphatic carbocycles. The third-order valence-corrected chi connectivity index (χ3v) is 3.59. The molecule has 128 valence electrons. The quantitative estimate of drug-likeness (QED) is 0.711. The maximum absolute atomic E-state index is 13.1. The van der Waals surface area contributed by atoms with Gasteiger partial charge in [-0.3, -0.25) is 4.79 Å². The van der Waals surface area contributed by atoms with E-state index in [2.05, 4.69) is 10.6 Å². The molecule has 0 aromatic heterocycles. The molecular weight excluding hydrogens is 414 g/mol. The Labute approximate surface area is 149 Å². The van der Waals surface area contributed by atoms with E-state index in [0.717, 1.165) is 0 Å². The van der Waals surface area contributed by atoms with E-state index in [0.29, 0.717) is 9.13 Å². The lowest BCUT2D eigenvalue weighted by atomic mass is 10.0. The molecule has 5 nitrogen and oxygen atoms in total. The predicted octanol–water partition coefficient (Wildman–Crippen LogP) is 3.46. The summed E-state index contributed by atoms with van der Waals surface area (Å²) in [5, 5.41) is 5.44. The van der Waals surface area contributed by atoms with Gasteiger partial charge in [0, 0.05) is 10.1 Å². The molecule has 0 saturated heterocycles. The number of amides is 2. The Morgan fingerprint density at radius 3 is 2.35 bits per heavy atom. The second-order valence-electron chi connectivity index (χ2n) is 6.82. The lowest BCUT2D eigenvalue weighted by Crippen LogP contribution is -2.52. The lowest BCUT2D eigenvalue weighted by Gasteiger charge is -2.28. The average molecular weight is 436 g/mol. The van der Waals surface area contributed by atoms with E-state index >= 15 is 0 Å². The van der Waals surface area contributed by atoms with Crippen molar-refractivity contribution in [2.24, 2.45) is 0 Å². The number of alkyl carbamates (subject to hydrolysis) is 1. The normalized spacial score (nSPS) is 11.8. The third kappa shape index (κ3) is 7.15. The van der Waals surface area contributed by atoms with Gasteiger partial charge in [0.1, 0.15) is 11.4 Å². The first-order valence-corrected chi connectivity index (χ1v) is 8.22. The summed E-state index contributed by atoms with van der Waals surface area (Å²) in [4.78, 5) is 23.9. The van der Waals surface area contributed by atoms with Crippen LogP contribution in [0.5, 0.6) is 0 Å². The number of ether oxygens (including phenoxy) is 1. The van der Waals surface area contributed by atoms with Crippen molar-refractivity contribution in [3.05, 3.63) is 33.1 Å². The third-order valence-electron chi connectivity index (χ3n) is 2.70. The largest absolute Gasteiger partial charge is 0.444 e. The maximum atomic E-state index is 13.1. The average Bonchev–Trinajstić information content (AvgIpc) is 2.33. The molecular formula is C16H22FIN2O3. The van der Waals surface area contributed by atoms with Gasteiger partial charge in [0.15, 0.2) is 0 Å². The second kappa shape index (κ2) is 7.46. The van der Waals surface area contributed by atoms with Crippen LogP contribution in [0, 0.1) is 9.39 Å². The zero-order chi connectivity index (χ0) is 17.8. The van der Waals surface area contributed by atoms with Gasteiger partial charge in [0.25, 0.3) is 5.91 Å². The summed E-state index contributed by atoms with van der Waals surface area (Å²) in [6, 6.07) is 3.97. The van der Waals surface area contributed by atoms with Crippen LogP contribution in [0.1, 0.15) is 45.0 Å². The Balaban J connectivity index is 2.63. The first-order valence-electron chi connectivity index (χ1n) is 7.14. The monoisotopic (exact) mass is 436 g/mol. The molecule has 1 aromatic rings. The van der Waals surface area contributed by atoms with Crippen LogP contribution in [0.15, 0.2) is 18.2 Å². The van der Waals surface area contributed by atoms with Gasteiger partial charge in [0.05, 0.1) is 11.1 Å². The van der Waals surface area contributed by atoms with Crippen molar-refractivity contribution in [1.82, 2.24) is 10.6 Å². The first-order chi connectivity index (χ1) is 10.4. The molecule has 1 rings (SSSR count). The number of hydrogen-bond donors (Lipinski definition) is 2. The van der Waals surface area contributed by atoms with Crippen molar-refractivity contribution in [1.29, 1.82) is 0 Å². The number of carbonyl (C=O) groups is 2. The van der Waals surface area contributed by atoms with Crippen LogP contribution in [0.2, 0.25) is 0 Å². The molecule has 0 heterocycles. The molecule has 0 aliphatic heterocycles. The van der Waals surface area contributed by atoms with Crippen LogP contribution in [0.3, 0.4) is 0 Å². The Morgan fingerprint density at radius 1 is 1.22 bits per heavy atom. The van der Waals surface area contributed by atoms with Crippen molar-refractivity contribution in [2.75, 3.05) is 6.54 Å². The molecule has 2 amide bonds. The van der Waals surface area contributed by atoms with E-state index in [1.807, 2.05) is 22.6 Å². The summed E-state index contributed by atoms with van der Waals surface area (Å²) in [6.07, 6.45) is -0.545. The van der Waals surface area contributed by atoms with E-state index in [1.165, 1.54) is 18.2 Å². The van der Waals surface area contributed by atoms with Crippen LogP contribution in [-0.2, 0) is 4.74 Å². The molecule has 0 fully saturated rings. The van der Waals surface area contributed by atoms with Gasteiger partial charge in [0.2, 0.25) is 0 Å². The Morgan fingerprint density at radius 2 is 1.83 bits per heavy atom. The molecule has 0 spiro atoms. The number of carbonyl (C=O) groups excluding carboxylic acids is 2. The van der Waals surface area contributed by atoms with Crippen LogP contribution in [0.25, 0.3) is 0 Å². The summed E-state index contributed by atoms with van der Waals surface area (Å²) in [6.45, 7) is 9.07. The molecule has 0 unspecified atom stereocenters. The van der Waals surface area contributed by atoms with Gasteiger partial charge in [-0.25, -0.2) is 9.18 Å². The standard InChI is InChI=1S/C16H22FIN2O3/c1-15(2,3)23-14(22)19-9-16(4,5)20-13(21)11-7-6-10(17)8-12(11)18/h6-8H,9H2,1-5H3,(H,19,22)(H,20,21). The summed E-state index contributed by atoms with van der Waals surface area (Å²) in [5.41, 5.74) is -0.884. The highest BCUT2D eigenvalue weighted by Gasteiger charge is 2.24. The molecule has 0 aliphatic rings. The SMILES string of the molecule is CC(C)(CNC(=O)OC(C)(C)C)NC(=O)c1ccc(F)cc1I. The Bertz CT molecular complexity index is 597. The zero-order valence-electron chi connectivity index (χ0n) is 13.9. The number of hydrogen-bond acceptors (Lipinski definition) is 3.